The van der Waals surface area contributed by atoms with Gasteiger partial charge in [0.2, 0.25) is 5.60 Å². The Labute approximate surface area is 248 Å². The second-order valence-electron chi connectivity index (χ2n) is 9.75. The van der Waals surface area contributed by atoms with Crippen molar-refractivity contribution in [1.82, 2.24) is 4.90 Å². The van der Waals surface area contributed by atoms with Gasteiger partial charge < -0.3 is 29.0 Å². The van der Waals surface area contributed by atoms with E-state index >= 15 is 0 Å². The minimum Gasteiger partial charge on any atom is -0.504 e. The maximum atomic E-state index is 13.3. The van der Waals surface area contributed by atoms with Crippen molar-refractivity contribution < 1.29 is 28.8 Å². The van der Waals surface area contributed by atoms with E-state index in [2.05, 4.69) is 11.9 Å². The number of nitrogens with zero attached hydrogens (tertiary/aromatic N) is 1. The molecule has 40 heavy (non-hydrogen) atoms. The van der Waals surface area contributed by atoms with Gasteiger partial charge in [0.05, 0.1) is 41.9 Å². The van der Waals surface area contributed by atoms with Crippen LogP contribution in [0.1, 0.15) is 47.4 Å². The third-order valence-electron chi connectivity index (χ3n) is 7.17. The molecule has 10 heteroatoms. The molecule has 0 saturated heterocycles. The summed E-state index contributed by atoms with van der Waals surface area (Å²) in [5, 5.41) is 15.7. The van der Waals surface area contributed by atoms with Gasteiger partial charge in [0.25, 0.3) is 0 Å². The first-order valence-corrected chi connectivity index (χ1v) is 15.4. The number of carbonyl (C=O) groups excluding carboxylic acids is 1. The molecule has 0 spiro atoms. The SMILES string of the molecule is CO/C=C/c1cc(Cl)c(OCCCN(C)C2CCC(OC(=O)C(O)(c3cccs3)c3cccs3)CC2)cc1OC. The van der Waals surface area contributed by atoms with Gasteiger partial charge in [-0.3, -0.25) is 0 Å². The molecule has 0 unspecified atom stereocenters. The molecule has 0 aliphatic heterocycles. The second-order valence-corrected chi connectivity index (χ2v) is 12.0. The van der Waals surface area contributed by atoms with E-state index in [1.165, 1.54) is 22.7 Å². The minimum absolute atomic E-state index is 0.203. The molecule has 0 bridgehead atoms. The van der Waals surface area contributed by atoms with Crippen LogP contribution >= 0.6 is 34.3 Å². The molecule has 7 nitrogen and oxygen atoms in total. The van der Waals surface area contributed by atoms with Crippen LogP contribution in [0.3, 0.4) is 0 Å². The number of esters is 1. The quantitative estimate of drug-likeness (QED) is 0.134. The molecule has 1 aliphatic carbocycles. The number of aliphatic hydroxyl groups is 1. The van der Waals surface area contributed by atoms with Crippen molar-refractivity contribution in [2.45, 2.75) is 49.9 Å². The lowest BCUT2D eigenvalue weighted by atomic mass is 9.91. The van der Waals surface area contributed by atoms with E-state index in [1.54, 1.807) is 50.8 Å². The Bertz CT molecular complexity index is 1210. The van der Waals surface area contributed by atoms with E-state index in [0.29, 0.717) is 38.9 Å². The molecule has 0 atom stereocenters. The first kappa shape index (κ1) is 30.4. The van der Waals surface area contributed by atoms with E-state index in [1.807, 2.05) is 22.9 Å². The Balaban J connectivity index is 1.23. The maximum Gasteiger partial charge on any atom is 0.349 e. The van der Waals surface area contributed by atoms with Gasteiger partial charge in [0.1, 0.15) is 17.6 Å². The zero-order chi connectivity index (χ0) is 28.5. The largest absolute Gasteiger partial charge is 0.504 e. The van der Waals surface area contributed by atoms with Crippen molar-refractivity contribution in [3.63, 3.8) is 0 Å². The highest BCUT2D eigenvalue weighted by atomic mass is 35.5. The van der Waals surface area contributed by atoms with E-state index in [9.17, 15) is 9.90 Å². The zero-order valence-electron chi connectivity index (χ0n) is 23.0. The molecular weight excluding hydrogens is 570 g/mol. The molecule has 1 aromatic carbocycles. The van der Waals surface area contributed by atoms with Crippen LogP contribution in [0.4, 0.5) is 0 Å². The van der Waals surface area contributed by atoms with Crippen molar-refractivity contribution in [2.75, 3.05) is 34.4 Å². The number of ether oxygens (including phenoxy) is 4. The summed E-state index contributed by atoms with van der Waals surface area (Å²) in [5.74, 6) is 0.652. The summed E-state index contributed by atoms with van der Waals surface area (Å²) in [6.07, 6.45) is 7.36. The number of hydrogen-bond acceptors (Lipinski definition) is 9. The molecule has 0 radical (unpaired) electrons. The fraction of sp³-hybridized carbons (Fsp3) is 0.433. The standard InChI is InChI=1S/C30H36ClNO6S2/c1-32(14-6-15-37-26-20-25(36-3)21(13-16-35-2)19-24(26)31)22-9-11-23(12-10-22)38-29(33)30(34,27-7-4-17-39-27)28-8-5-18-40-28/h4-5,7-8,13,16-20,22-23,34H,6,9-12,14-15H2,1-3H3/b16-13+. The Hall–Kier alpha value is -2.56. The molecule has 2 aromatic heterocycles. The fourth-order valence-electron chi connectivity index (χ4n) is 4.92. The first-order valence-electron chi connectivity index (χ1n) is 13.3. The van der Waals surface area contributed by atoms with Gasteiger partial charge in [0, 0.05) is 24.2 Å². The van der Waals surface area contributed by atoms with Gasteiger partial charge in [-0.1, -0.05) is 23.7 Å². The number of carbonyl (C=O) groups is 1. The van der Waals surface area contributed by atoms with Crippen LogP contribution in [-0.4, -0.2) is 62.5 Å². The number of hydrogen-bond donors (Lipinski definition) is 1. The topological polar surface area (TPSA) is 77.5 Å². The van der Waals surface area contributed by atoms with Gasteiger partial charge in [0.15, 0.2) is 0 Å². The molecule has 1 saturated carbocycles. The minimum atomic E-state index is -1.76. The van der Waals surface area contributed by atoms with E-state index in [4.69, 9.17) is 30.5 Å². The first-order chi connectivity index (χ1) is 19.4. The molecule has 1 N–H and O–H groups in total. The normalized spacial score (nSPS) is 17.8. The highest BCUT2D eigenvalue weighted by Crippen LogP contribution is 2.38. The van der Waals surface area contributed by atoms with Crippen LogP contribution < -0.4 is 9.47 Å². The summed E-state index contributed by atoms with van der Waals surface area (Å²) in [6.45, 7) is 1.40. The third kappa shape index (κ3) is 7.19. The molecular formula is C30H36ClNO6S2. The van der Waals surface area contributed by atoms with Crippen LogP contribution in [0.2, 0.25) is 5.02 Å². The van der Waals surface area contributed by atoms with Gasteiger partial charge in [-0.05, 0) is 74.2 Å². The lowest BCUT2D eigenvalue weighted by Crippen LogP contribution is -2.42. The van der Waals surface area contributed by atoms with Crippen LogP contribution in [-0.2, 0) is 19.9 Å². The van der Waals surface area contributed by atoms with Gasteiger partial charge in [-0.25, -0.2) is 4.79 Å². The Morgan fingerprint density at radius 3 is 2.35 bits per heavy atom. The smallest absolute Gasteiger partial charge is 0.349 e. The molecule has 1 fully saturated rings. The Morgan fingerprint density at radius 1 is 1.10 bits per heavy atom. The van der Waals surface area contributed by atoms with Gasteiger partial charge in [-0.2, -0.15) is 0 Å². The summed E-state index contributed by atoms with van der Waals surface area (Å²) in [7, 11) is 5.31. The molecule has 2 heterocycles. The second kappa shape index (κ2) is 14.4. The average molecular weight is 606 g/mol. The highest BCUT2D eigenvalue weighted by Gasteiger charge is 2.45. The lowest BCUT2D eigenvalue weighted by molar-refractivity contribution is -0.169. The van der Waals surface area contributed by atoms with Crippen molar-refractivity contribution in [2.24, 2.45) is 0 Å². The molecule has 4 rings (SSSR count). The molecule has 216 valence electrons. The van der Waals surface area contributed by atoms with Crippen LogP contribution in [0.5, 0.6) is 11.5 Å². The zero-order valence-corrected chi connectivity index (χ0v) is 25.4. The predicted molar refractivity (Wildman–Crippen MR) is 161 cm³/mol. The maximum absolute atomic E-state index is 13.3. The van der Waals surface area contributed by atoms with E-state index < -0.39 is 11.6 Å². The van der Waals surface area contributed by atoms with Crippen molar-refractivity contribution in [1.29, 1.82) is 0 Å². The van der Waals surface area contributed by atoms with Crippen molar-refractivity contribution in [3.8, 4) is 11.5 Å². The lowest BCUT2D eigenvalue weighted by Gasteiger charge is -2.35. The molecule has 1 aliphatic rings. The van der Waals surface area contributed by atoms with Gasteiger partial charge >= 0.3 is 5.97 Å². The summed E-state index contributed by atoms with van der Waals surface area (Å²) >= 11 is 9.13. The number of benzene rings is 1. The molecule has 3 aromatic rings. The fourth-order valence-corrected chi connectivity index (χ4v) is 6.86. The molecule has 0 amide bonds. The van der Waals surface area contributed by atoms with Crippen molar-refractivity contribution >= 4 is 46.3 Å². The van der Waals surface area contributed by atoms with E-state index in [0.717, 1.165) is 44.2 Å². The van der Waals surface area contributed by atoms with Crippen LogP contribution in [0.15, 0.2) is 53.4 Å². The van der Waals surface area contributed by atoms with Crippen molar-refractivity contribution in [3.05, 3.63) is 73.8 Å². The Morgan fingerprint density at radius 2 is 1.77 bits per heavy atom. The van der Waals surface area contributed by atoms with Gasteiger partial charge in [-0.15, -0.1) is 22.7 Å². The number of rotatable bonds is 13. The summed E-state index contributed by atoms with van der Waals surface area (Å²) in [5.41, 5.74) is -0.949. The van der Waals surface area contributed by atoms with Crippen LogP contribution in [0.25, 0.3) is 6.08 Å². The summed E-state index contributed by atoms with van der Waals surface area (Å²) in [4.78, 5) is 16.8. The Kier molecular flexibility index (Phi) is 10.9. The predicted octanol–water partition coefficient (Wildman–Crippen LogP) is 6.58. The number of thiophene rings is 2. The summed E-state index contributed by atoms with van der Waals surface area (Å²) < 4.78 is 22.3. The number of methoxy groups -OCH3 is 2. The number of halogens is 1. The van der Waals surface area contributed by atoms with Crippen LogP contribution in [0, 0.1) is 0 Å². The highest BCUT2D eigenvalue weighted by molar-refractivity contribution is 7.12. The van der Waals surface area contributed by atoms with E-state index in [-0.39, 0.29) is 6.10 Å². The third-order valence-corrected chi connectivity index (χ3v) is 9.43. The monoisotopic (exact) mass is 605 g/mol. The summed E-state index contributed by atoms with van der Waals surface area (Å²) in [6, 6.07) is 11.2. The average Bonchev–Trinajstić information content (AvgIpc) is 3.70.